The summed E-state index contributed by atoms with van der Waals surface area (Å²) in [5, 5.41) is 9.51. The molecule has 0 aliphatic carbocycles. The van der Waals surface area contributed by atoms with Gasteiger partial charge in [0.25, 0.3) is 0 Å². The standard InChI is InChI=1S/C5H7O3/c1-2-3-4-8-5(6)7/h2H,1,3-4H2. The van der Waals surface area contributed by atoms with Crippen LogP contribution in [0.2, 0.25) is 0 Å². The zero-order valence-corrected chi connectivity index (χ0v) is 4.42. The second-order valence-electron chi connectivity index (χ2n) is 1.18. The van der Waals surface area contributed by atoms with Crippen molar-refractivity contribution in [1.82, 2.24) is 0 Å². The lowest BCUT2D eigenvalue weighted by molar-refractivity contribution is 0.0693. The van der Waals surface area contributed by atoms with E-state index in [0.29, 0.717) is 6.42 Å². The van der Waals surface area contributed by atoms with E-state index in [0.717, 1.165) is 0 Å². The Morgan fingerprint density at radius 2 is 2.38 bits per heavy atom. The van der Waals surface area contributed by atoms with E-state index in [2.05, 4.69) is 11.3 Å². The van der Waals surface area contributed by atoms with Crippen molar-refractivity contribution >= 4 is 6.16 Å². The molecule has 0 fully saturated rings. The van der Waals surface area contributed by atoms with Crippen LogP contribution in [0.25, 0.3) is 0 Å². The van der Waals surface area contributed by atoms with Gasteiger partial charge in [-0.15, -0.1) is 6.58 Å². The molecule has 3 nitrogen and oxygen atoms in total. The highest BCUT2D eigenvalue weighted by Gasteiger charge is 1.94. The fourth-order valence-electron chi connectivity index (χ4n) is 0.226. The predicted octanol–water partition coefficient (Wildman–Crippen LogP) is 1.13. The van der Waals surface area contributed by atoms with E-state index in [1.54, 1.807) is 6.08 Å². The van der Waals surface area contributed by atoms with Crippen LogP contribution in [0.1, 0.15) is 6.42 Å². The molecule has 0 amide bonds. The molecule has 0 spiro atoms. The van der Waals surface area contributed by atoms with Crippen LogP contribution in [0.4, 0.5) is 4.79 Å². The third-order valence-corrected chi connectivity index (χ3v) is 0.542. The highest BCUT2D eigenvalue weighted by molar-refractivity contribution is 5.56. The molecule has 0 atom stereocenters. The van der Waals surface area contributed by atoms with Crippen LogP contribution >= 0.6 is 0 Å². The van der Waals surface area contributed by atoms with E-state index in [9.17, 15) is 9.90 Å². The molecule has 0 aliphatic heterocycles. The Bertz CT molecular complexity index is 87.7. The van der Waals surface area contributed by atoms with Crippen molar-refractivity contribution in [3.8, 4) is 0 Å². The molecule has 0 bridgehead atoms. The molecule has 0 aromatic rings. The molecule has 0 saturated heterocycles. The van der Waals surface area contributed by atoms with E-state index < -0.39 is 6.16 Å². The first-order valence-electron chi connectivity index (χ1n) is 2.22. The van der Waals surface area contributed by atoms with E-state index in [4.69, 9.17) is 0 Å². The summed E-state index contributed by atoms with van der Waals surface area (Å²) >= 11 is 0. The Labute approximate surface area is 47.6 Å². The quantitative estimate of drug-likeness (QED) is 0.314. The van der Waals surface area contributed by atoms with Crippen LogP contribution < -0.4 is 0 Å². The molecular weight excluding hydrogens is 108 g/mol. The lowest BCUT2D eigenvalue weighted by atomic mass is 10.5. The third kappa shape index (κ3) is 5.01. The van der Waals surface area contributed by atoms with Crippen molar-refractivity contribution in [2.75, 3.05) is 6.61 Å². The van der Waals surface area contributed by atoms with E-state index in [1.807, 2.05) is 0 Å². The molecule has 0 heterocycles. The maximum absolute atomic E-state index is 9.51. The Balaban J connectivity index is 2.93. The van der Waals surface area contributed by atoms with Gasteiger partial charge in [0.1, 0.15) is 0 Å². The Morgan fingerprint density at radius 3 is 2.75 bits per heavy atom. The second-order valence-corrected chi connectivity index (χ2v) is 1.18. The molecule has 0 N–H and O–H groups in total. The molecule has 8 heavy (non-hydrogen) atoms. The van der Waals surface area contributed by atoms with Gasteiger partial charge in [-0.3, -0.25) is 0 Å². The average molecular weight is 115 g/mol. The van der Waals surface area contributed by atoms with Crippen LogP contribution in [0, 0.1) is 0 Å². The fourth-order valence-corrected chi connectivity index (χ4v) is 0.226. The lowest BCUT2D eigenvalue weighted by Crippen LogP contribution is -1.98. The summed E-state index contributed by atoms with van der Waals surface area (Å²) in [5.41, 5.74) is 0. The van der Waals surface area contributed by atoms with Gasteiger partial charge < -0.3 is 4.74 Å². The fraction of sp³-hybridized carbons (Fsp3) is 0.400. The van der Waals surface area contributed by atoms with Gasteiger partial charge in [0.2, 0.25) is 0 Å². The first-order chi connectivity index (χ1) is 3.77. The summed E-state index contributed by atoms with van der Waals surface area (Å²) in [6, 6.07) is 0. The number of ether oxygens (including phenoxy) is 1. The first-order valence-corrected chi connectivity index (χ1v) is 2.22. The summed E-state index contributed by atoms with van der Waals surface area (Å²) in [4.78, 5) is 9.51. The van der Waals surface area contributed by atoms with Gasteiger partial charge in [-0.2, -0.15) is 9.90 Å². The predicted molar refractivity (Wildman–Crippen MR) is 26.8 cm³/mol. The molecule has 0 saturated carbocycles. The van der Waals surface area contributed by atoms with Crippen LogP contribution in [-0.2, 0) is 9.84 Å². The minimum atomic E-state index is -1.48. The lowest BCUT2D eigenvalue weighted by Gasteiger charge is -1.90. The first kappa shape index (κ1) is 7.01. The Hall–Kier alpha value is -0.990. The number of carbonyl (C=O) groups excluding carboxylic acids is 1. The third-order valence-electron chi connectivity index (χ3n) is 0.542. The van der Waals surface area contributed by atoms with Gasteiger partial charge >= 0.3 is 6.16 Å². The summed E-state index contributed by atoms with van der Waals surface area (Å²) in [7, 11) is 0. The smallest absolute Gasteiger partial charge is 0.431 e. The number of hydrogen-bond donors (Lipinski definition) is 0. The van der Waals surface area contributed by atoms with Crippen LogP contribution in [-0.4, -0.2) is 12.8 Å². The molecule has 45 valence electrons. The van der Waals surface area contributed by atoms with Crippen molar-refractivity contribution in [3.05, 3.63) is 12.7 Å². The van der Waals surface area contributed by atoms with Crippen molar-refractivity contribution in [1.29, 1.82) is 0 Å². The van der Waals surface area contributed by atoms with E-state index >= 15 is 0 Å². The Kier molecular flexibility index (Phi) is 3.66. The summed E-state index contributed by atoms with van der Waals surface area (Å²) in [6.07, 6.45) is 0.628. The molecule has 0 aliphatic rings. The molecule has 0 aromatic heterocycles. The van der Waals surface area contributed by atoms with E-state index in [-0.39, 0.29) is 6.61 Å². The number of hydrogen-bond acceptors (Lipinski definition) is 2. The molecule has 3 heteroatoms. The topological polar surface area (TPSA) is 46.2 Å². The Morgan fingerprint density at radius 1 is 1.75 bits per heavy atom. The molecule has 0 rings (SSSR count). The van der Waals surface area contributed by atoms with Crippen molar-refractivity contribution < 1.29 is 14.6 Å². The minimum Gasteiger partial charge on any atom is -0.431 e. The van der Waals surface area contributed by atoms with Gasteiger partial charge in [-0.25, -0.2) is 0 Å². The van der Waals surface area contributed by atoms with Gasteiger partial charge in [-0.05, 0) is 6.42 Å². The largest absolute Gasteiger partial charge is 0.550 e. The van der Waals surface area contributed by atoms with Gasteiger partial charge in [0, 0.05) is 0 Å². The summed E-state index contributed by atoms with van der Waals surface area (Å²) in [6.45, 7) is 3.51. The maximum Gasteiger partial charge on any atom is 0.550 e. The molecular formula is C5H7O3. The number of carbonyl (C=O) groups is 1. The van der Waals surface area contributed by atoms with Gasteiger partial charge in [-0.1, -0.05) is 6.08 Å². The van der Waals surface area contributed by atoms with Crippen LogP contribution in [0.5, 0.6) is 0 Å². The summed E-state index contributed by atoms with van der Waals surface area (Å²) in [5.74, 6) is 0. The monoisotopic (exact) mass is 115 g/mol. The molecule has 0 aromatic carbocycles. The van der Waals surface area contributed by atoms with E-state index in [1.165, 1.54) is 0 Å². The normalized spacial score (nSPS) is 8.00. The number of rotatable bonds is 3. The second kappa shape index (κ2) is 4.18. The SMILES string of the molecule is C=CCCOC([O])=O. The van der Waals surface area contributed by atoms with Crippen molar-refractivity contribution in [2.45, 2.75) is 6.42 Å². The van der Waals surface area contributed by atoms with Crippen molar-refractivity contribution in [3.63, 3.8) is 0 Å². The van der Waals surface area contributed by atoms with Gasteiger partial charge in [0.15, 0.2) is 0 Å². The van der Waals surface area contributed by atoms with Gasteiger partial charge in [0.05, 0.1) is 6.61 Å². The van der Waals surface area contributed by atoms with Crippen LogP contribution in [0.15, 0.2) is 12.7 Å². The van der Waals surface area contributed by atoms with Crippen LogP contribution in [0.3, 0.4) is 0 Å². The summed E-state index contributed by atoms with van der Waals surface area (Å²) < 4.78 is 4.02. The molecule has 1 radical (unpaired) electrons. The van der Waals surface area contributed by atoms with Crippen molar-refractivity contribution in [2.24, 2.45) is 0 Å². The average Bonchev–Trinajstić information content (AvgIpc) is 1.66. The zero-order valence-electron chi connectivity index (χ0n) is 4.42. The zero-order chi connectivity index (χ0) is 6.41. The highest BCUT2D eigenvalue weighted by Crippen LogP contribution is 1.82. The maximum atomic E-state index is 9.51. The minimum absolute atomic E-state index is 0.145. The molecule has 0 unspecified atom stereocenters. The highest BCUT2D eigenvalue weighted by atomic mass is 16.7.